The van der Waals surface area contributed by atoms with Gasteiger partial charge in [-0.2, -0.15) is 17.7 Å². The Morgan fingerprint density at radius 2 is 1.57 bits per heavy atom. The van der Waals surface area contributed by atoms with E-state index in [1.165, 1.54) is 33.5 Å². The molecule has 4 rings (SSSR count). The fourth-order valence-electron chi connectivity index (χ4n) is 3.50. The average Bonchev–Trinajstić information content (AvgIpc) is 2.84. The van der Waals surface area contributed by atoms with E-state index in [2.05, 4.69) is 9.97 Å². The molecule has 0 atom stereocenters. The lowest BCUT2D eigenvalue weighted by atomic mass is 10.2. The maximum atomic E-state index is 13.5. The van der Waals surface area contributed by atoms with E-state index in [0.29, 0.717) is 29.7 Å². The minimum atomic E-state index is -3.84. The monoisotopic (exact) mass is 564 g/mol. The number of anilines is 1. The van der Waals surface area contributed by atoms with Crippen LogP contribution in [-0.4, -0.2) is 64.7 Å². The Morgan fingerprint density at radius 3 is 2.11 bits per heavy atom. The highest BCUT2D eigenvalue weighted by atomic mass is 32.2. The molecule has 1 fully saturated rings. The lowest BCUT2D eigenvalue weighted by Gasteiger charge is -2.35. The van der Waals surface area contributed by atoms with Crippen LogP contribution < -0.4 is 13.8 Å². The van der Waals surface area contributed by atoms with Gasteiger partial charge in [0.1, 0.15) is 5.75 Å². The summed E-state index contributed by atoms with van der Waals surface area (Å²) in [4.78, 5) is 9.18. The standard InChI is InChI=1S/C24H28N4O6S3/c1-33-20-9-5-18(6-10-20)16-28(37(31,32)27-13-4-14-27)22-15-23(34-2)26-24(25-22)35-17-19-7-11-21(12-8-19)36(3,29)30/h5-12,15H,4,13-14,16-17H2,1-3H3. The van der Waals surface area contributed by atoms with Gasteiger partial charge in [-0.25, -0.2) is 17.7 Å². The second-order valence-corrected chi connectivity index (χ2v) is 13.2. The molecule has 3 aromatic rings. The van der Waals surface area contributed by atoms with Crippen molar-refractivity contribution in [1.29, 1.82) is 0 Å². The number of rotatable bonds is 11. The minimum Gasteiger partial charge on any atom is -0.497 e. The number of methoxy groups -OCH3 is 2. The van der Waals surface area contributed by atoms with E-state index >= 15 is 0 Å². The molecule has 0 radical (unpaired) electrons. The van der Waals surface area contributed by atoms with Crippen molar-refractivity contribution >= 4 is 37.6 Å². The highest BCUT2D eigenvalue weighted by molar-refractivity contribution is 7.98. The van der Waals surface area contributed by atoms with Crippen LogP contribution in [0.15, 0.2) is 64.6 Å². The van der Waals surface area contributed by atoms with E-state index < -0.39 is 20.0 Å². The Kier molecular flexibility index (Phi) is 8.26. The van der Waals surface area contributed by atoms with Gasteiger partial charge in [-0.1, -0.05) is 36.0 Å². The van der Waals surface area contributed by atoms with E-state index in [1.54, 1.807) is 43.5 Å². The Bertz CT molecular complexity index is 1440. The van der Waals surface area contributed by atoms with Gasteiger partial charge < -0.3 is 9.47 Å². The summed E-state index contributed by atoms with van der Waals surface area (Å²) in [6.07, 6.45) is 1.97. The smallest absolute Gasteiger partial charge is 0.305 e. The molecule has 0 amide bonds. The minimum absolute atomic E-state index is 0.0695. The van der Waals surface area contributed by atoms with Crippen LogP contribution in [0.3, 0.4) is 0 Å². The lowest BCUT2D eigenvalue weighted by molar-refractivity contribution is 0.307. The molecule has 0 bridgehead atoms. The molecule has 1 aliphatic rings. The first-order chi connectivity index (χ1) is 17.6. The zero-order chi connectivity index (χ0) is 26.6. The topological polar surface area (TPSA) is 119 Å². The van der Waals surface area contributed by atoms with E-state index in [-0.39, 0.29) is 23.1 Å². The molecule has 37 heavy (non-hydrogen) atoms. The van der Waals surface area contributed by atoms with Gasteiger partial charge in [-0.3, -0.25) is 0 Å². The van der Waals surface area contributed by atoms with E-state index in [0.717, 1.165) is 23.8 Å². The highest BCUT2D eigenvalue weighted by Gasteiger charge is 2.35. The third-order valence-corrected chi connectivity index (χ3v) is 9.70. The number of nitrogens with zero attached hydrogens (tertiary/aromatic N) is 4. The summed E-state index contributed by atoms with van der Waals surface area (Å²) in [5, 5.41) is 0.333. The summed E-state index contributed by atoms with van der Waals surface area (Å²) in [6, 6.07) is 15.3. The number of aromatic nitrogens is 2. The van der Waals surface area contributed by atoms with Crippen molar-refractivity contribution in [3.05, 3.63) is 65.7 Å². The van der Waals surface area contributed by atoms with Crippen molar-refractivity contribution < 1.29 is 26.3 Å². The van der Waals surface area contributed by atoms with E-state index in [1.807, 2.05) is 12.1 Å². The zero-order valence-electron chi connectivity index (χ0n) is 20.7. The molecule has 10 nitrogen and oxygen atoms in total. The fourth-order valence-corrected chi connectivity index (χ4v) is 6.58. The molecule has 1 aromatic heterocycles. The van der Waals surface area contributed by atoms with Crippen LogP contribution in [0.1, 0.15) is 17.5 Å². The number of hydrogen-bond donors (Lipinski definition) is 0. The first-order valence-electron chi connectivity index (χ1n) is 11.4. The van der Waals surface area contributed by atoms with Gasteiger partial charge in [0, 0.05) is 31.2 Å². The predicted octanol–water partition coefficient (Wildman–Crippen LogP) is 3.15. The van der Waals surface area contributed by atoms with Gasteiger partial charge in [0.15, 0.2) is 20.8 Å². The van der Waals surface area contributed by atoms with Crippen LogP contribution in [0.4, 0.5) is 5.82 Å². The van der Waals surface area contributed by atoms with Crippen molar-refractivity contribution in [3.63, 3.8) is 0 Å². The van der Waals surface area contributed by atoms with Gasteiger partial charge in [0.05, 0.1) is 25.7 Å². The van der Waals surface area contributed by atoms with Crippen molar-refractivity contribution in [2.45, 2.75) is 28.8 Å². The van der Waals surface area contributed by atoms with Crippen molar-refractivity contribution in [3.8, 4) is 11.6 Å². The van der Waals surface area contributed by atoms with E-state index in [4.69, 9.17) is 9.47 Å². The quantitative estimate of drug-likeness (QED) is 0.256. The Labute approximate surface area is 221 Å². The van der Waals surface area contributed by atoms with Crippen LogP contribution in [0.25, 0.3) is 0 Å². The molecule has 13 heteroatoms. The van der Waals surface area contributed by atoms with E-state index in [9.17, 15) is 16.8 Å². The van der Waals surface area contributed by atoms with Crippen molar-refractivity contribution in [2.24, 2.45) is 0 Å². The van der Waals surface area contributed by atoms with Crippen LogP contribution in [0, 0.1) is 0 Å². The lowest BCUT2D eigenvalue weighted by Crippen LogP contribution is -2.50. The van der Waals surface area contributed by atoms with Crippen LogP contribution in [0.2, 0.25) is 0 Å². The molecule has 2 heterocycles. The van der Waals surface area contributed by atoms with Crippen molar-refractivity contribution in [1.82, 2.24) is 14.3 Å². The SMILES string of the molecule is COc1ccc(CN(c2cc(OC)nc(SCc3ccc(S(C)(=O)=O)cc3)n2)S(=O)(=O)N2CCC2)cc1. The van der Waals surface area contributed by atoms with Gasteiger partial charge in [-0.15, -0.1) is 0 Å². The molecule has 2 aromatic carbocycles. The zero-order valence-corrected chi connectivity index (χ0v) is 23.1. The average molecular weight is 565 g/mol. The summed E-state index contributed by atoms with van der Waals surface area (Å²) < 4.78 is 63.7. The largest absolute Gasteiger partial charge is 0.497 e. The second kappa shape index (κ2) is 11.3. The van der Waals surface area contributed by atoms with Gasteiger partial charge in [0.2, 0.25) is 5.88 Å². The Balaban J connectivity index is 1.63. The van der Waals surface area contributed by atoms with Gasteiger partial charge in [0.25, 0.3) is 0 Å². The van der Waals surface area contributed by atoms with Crippen LogP contribution in [0.5, 0.6) is 11.6 Å². The fraction of sp³-hybridized carbons (Fsp3) is 0.333. The number of ether oxygens (including phenoxy) is 2. The molecule has 1 saturated heterocycles. The Morgan fingerprint density at radius 1 is 0.919 bits per heavy atom. The summed E-state index contributed by atoms with van der Waals surface area (Å²) >= 11 is 1.29. The molecular formula is C24H28N4O6S3. The summed E-state index contributed by atoms with van der Waals surface area (Å²) in [7, 11) is -4.08. The van der Waals surface area contributed by atoms with Gasteiger partial charge >= 0.3 is 10.2 Å². The van der Waals surface area contributed by atoms with Crippen molar-refractivity contribution in [2.75, 3.05) is 37.9 Å². The number of hydrogen-bond acceptors (Lipinski definition) is 9. The summed E-state index contributed by atoms with van der Waals surface area (Å²) in [5.74, 6) is 1.56. The first-order valence-corrected chi connectivity index (χ1v) is 15.6. The number of thioether (sulfide) groups is 1. The molecule has 0 N–H and O–H groups in total. The number of sulfone groups is 1. The normalized spacial score (nSPS) is 14.1. The molecule has 0 saturated carbocycles. The molecule has 1 aliphatic heterocycles. The van der Waals surface area contributed by atoms with Crippen LogP contribution >= 0.6 is 11.8 Å². The maximum Gasteiger partial charge on any atom is 0.305 e. The Hall–Kier alpha value is -2.87. The van der Waals surface area contributed by atoms with Gasteiger partial charge in [-0.05, 0) is 41.8 Å². The third-order valence-electron chi connectivity index (χ3n) is 5.76. The first kappa shape index (κ1) is 27.2. The molecule has 0 spiro atoms. The predicted molar refractivity (Wildman–Crippen MR) is 142 cm³/mol. The molecular weight excluding hydrogens is 536 g/mol. The summed E-state index contributed by atoms with van der Waals surface area (Å²) in [5.41, 5.74) is 1.64. The van der Waals surface area contributed by atoms with Crippen LogP contribution in [-0.2, 0) is 32.3 Å². The maximum absolute atomic E-state index is 13.5. The molecule has 198 valence electrons. The second-order valence-electron chi connectivity index (χ2n) is 8.37. The summed E-state index contributed by atoms with van der Waals surface area (Å²) in [6.45, 7) is 0.976. The third kappa shape index (κ3) is 6.53. The number of benzene rings is 2. The molecule has 0 aliphatic carbocycles. The molecule has 0 unspecified atom stereocenters. The highest BCUT2D eigenvalue weighted by Crippen LogP contribution is 2.30.